The molecule has 1 aromatic rings. The summed E-state index contributed by atoms with van der Waals surface area (Å²) >= 11 is 0. The first-order valence-electron chi connectivity index (χ1n) is 8.51. The fourth-order valence-electron chi connectivity index (χ4n) is 3.98. The van der Waals surface area contributed by atoms with Crippen LogP contribution in [-0.4, -0.2) is 41.1 Å². The lowest BCUT2D eigenvalue weighted by Gasteiger charge is -2.45. The maximum Gasteiger partial charge on any atom is 0.127 e. The number of aryl methyl sites for hydroxylation is 1. The van der Waals surface area contributed by atoms with Gasteiger partial charge in [-0.2, -0.15) is 0 Å². The molecule has 0 spiro atoms. The number of nitrogens with one attached hydrogen (secondary N) is 1. The Balaban J connectivity index is 2.37. The lowest BCUT2D eigenvalue weighted by Crippen LogP contribution is -2.53. The van der Waals surface area contributed by atoms with E-state index >= 15 is 0 Å². The third kappa shape index (κ3) is 3.32. The number of nitrogens with zero attached hydrogens (tertiary/aromatic N) is 3. The molecule has 1 fully saturated rings. The van der Waals surface area contributed by atoms with E-state index in [0.29, 0.717) is 6.04 Å². The second-order valence-electron chi connectivity index (χ2n) is 6.61. The van der Waals surface area contributed by atoms with Crippen molar-refractivity contribution >= 4 is 0 Å². The highest BCUT2D eigenvalue weighted by molar-refractivity contribution is 5.11. The smallest absolute Gasteiger partial charge is 0.127 e. The summed E-state index contributed by atoms with van der Waals surface area (Å²) in [5, 5.41) is 3.60. The Morgan fingerprint density at radius 3 is 2.48 bits per heavy atom. The van der Waals surface area contributed by atoms with Crippen LogP contribution in [0.25, 0.3) is 0 Å². The van der Waals surface area contributed by atoms with Crippen LogP contribution in [0.2, 0.25) is 0 Å². The minimum Gasteiger partial charge on any atom is -0.334 e. The first kappa shape index (κ1) is 16.5. The number of likely N-dealkylation sites (N-methyl/N-ethyl adjacent to an activating group) is 2. The molecule has 0 radical (unpaired) electrons. The van der Waals surface area contributed by atoms with Crippen molar-refractivity contribution in [3.63, 3.8) is 0 Å². The van der Waals surface area contributed by atoms with Crippen molar-refractivity contribution in [2.45, 2.75) is 70.0 Å². The van der Waals surface area contributed by atoms with Gasteiger partial charge in [0.1, 0.15) is 5.82 Å². The Hall–Kier alpha value is -0.870. The van der Waals surface area contributed by atoms with E-state index in [1.54, 1.807) is 0 Å². The second-order valence-corrected chi connectivity index (χ2v) is 6.61. The summed E-state index contributed by atoms with van der Waals surface area (Å²) in [5.74, 6) is 1.20. The molecule has 4 nitrogen and oxygen atoms in total. The molecule has 0 saturated heterocycles. The quantitative estimate of drug-likeness (QED) is 0.817. The van der Waals surface area contributed by atoms with Crippen molar-refractivity contribution in [3.8, 4) is 0 Å². The lowest BCUT2D eigenvalue weighted by atomic mass is 9.80. The van der Waals surface area contributed by atoms with Gasteiger partial charge in [-0.1, -0.05) is 32.6 Å². The molecule has 21 heavy (non-hydrogen) atoms. The van der Waals surface area contributed by atoms with Crippen LogP contribution in [0.4, 0.5) is 0 Å². The summed E-state index contributed by atoms with van der Waals surface area (Å²) in [4.78, 5) is 7.16. The lowest BCUT2D eigenvalue weighted by molar-refractivity contribution is 0.0781. The number of rotatable bonds is 6. The van der Waals surface area contributed by atoms with Gasteiger partial charge < -0.3 is 14.8 Å². The van der Waals surface area contributed by atoms with Crippen LogP contribution < -0.4 is 5.32 Å². The highest BCUT2D eigenvalue weighted by Gasteiger charge is 2.42. The monoisotopic (exact) mass is 292 g/mol. The minimum absolute atomic E-state index is 0.183. The van der Waals surface area contributed by atoms with E-state index in [-0.39, 0.29) is 5.54 Å². The van der Waals surface area contributed by atoms with Crippen molar-refractivity contribution in [2.24, 2.45) is 0 Å². The molecular formula is C17H32N4. The SMILES string of the molecule is CCCn1ccnc1C(NC)C1(N(C)C)CCCCCC1. The summed E-state index contributed by atoms with van der Waals surface area (Å²) in [5.41, 5.74) is 0.183. The number of imidazole rings is 1. The fourth-order valence-corrected chi connectivity index (χ4v) is 3.98. The normalized spacial score (nSPS) is 20.4. The van der Waals surface area contributed by atoms with Crippen LogP contribution >= 0.6 is 0 Å². The van der Waals surface area contributed by atoms with Crippen LogP contribution in [0, 0.1) is 0 Å². The average molecular weight is 292 g/mol. The van der Waals surface area contributed by atoms with Crippen molar-refractivity contribution < 1.29 is 0 Å². The molecule has 4 heteroatoms. The second kappa shape index (κ2) is 7.41. The number of hydrogen-bond acceptors (Lipinski definition) is 3. The third-order valence-electron chi connectivity index (χ3n) is 5.16. The van der Waals surface area contributed by atoms with E-state index in [0.717, 1.165) is 13.0 Å². The van der Waals surface area contributed by atoms with Gasteiger partial charge in [0.15, 0.2) is 0 Å². The van der Waals surface area contributed by atoms with Crippen molar-refractivity contribution in [2.75, 3.05) is 21.1 Å². The topological polar surface area (TPSA) is 33.1 Å². The van der Waals surface area contributed by atoms with E-state index in [1.807, 2.05) is 6.20 Å². The Labute approximate surface area is 129 Å². The van der Waals surface area contributed by atoms with Gasteiger partial charge in [-0.25, -0.2) is 4.98 Å². The zero-order chi connectivity index (χ0) is 15.3. The van der Waals surface area contributed by atoms with E-state index in [2.05, 4.69) is 49.0 Å². The van der Waals surface area contributed by atoms with Crippen molar-refractivity contribution in [3.05, 3.63) is 18.2 Å². The zero-order valence-electron chi connectivity index (χ0n) is 14.2. The fraction of sp³-hybridized carbons (Fsp3) is 0.824. The Kier molecular flexibility index (Phi) is 5.82. The molecule has 0 aliphatic heterocycles. The maximum absolute atomic E-state index is 4.71. The van der Waals surface area contributed by atoms with E-state index in [9.17, 15) is 0 Å². The van der Waals surface area contributed by atoms with Crippen LogP contribution in [0.3, 0.4) is 0 Å². The van der Waals surface area contributed by atoms with Gasteiger partial charge in [0, 0.05) is 24.5 Å². The number of aromatic nitrogens is 2. The highest BCUT2D eigenvalue weighted by atomic mass is 15.2. The predicted octanol–water partition coefficient (Wildman–Crippen LogP) is 3.21. The van der Waals surface area contributed by atoms with Crippen LogP contribution in [0.1, 0.15) is 63.7 Å². The van der Waals surface area contributed by atoms with E-state index < -0.39 is 0 Å². The molecule has 1 unspecified atom stereocenters. The van der Waals surface area contributed by atoms with Gasteiger partial charge in [0.25, 0.3) is 0 Å². The molecule has 0 bridgehead atoms. The molecule has 120 valence electrons. The summed E-state index contributed by atoms with van der Waals surface area (Å²) in [7, 11) is 6.57. The van der Waals surface area contributed by atoms with Gasteiger partial charge in [0.05, 0.1) is 6.04 Å². The highest BCUT2D eigenvalue weighted by Crippen LogP contribution is 2.40. The average Bonchev–Trinajstić information content (AvgIpc) is 2.76. The van der Waals surface area contributed by atoms with Crippen molar-refractivity contribution in [1.82, 2.24) is 19.8 Å². The van der Waals surface area contributed by atoms with Crippen LogP contribution in [0.5, 0.6) is 0 Å². The zero-order valence-corrected chi connectivity index (χ0v) is 14.2. The predicted molar refractivity (Wildman–Crippen MR) is 88.4 cm³/mol. The van der Waals surface area contributed by atoms with Gasteiger partial charge in [-0.05, 0) is 40.4 Å². The van der Waals surface area contributed by atoms with E-state index in [1.165, 1.54) is 44.3 Å². The van der Waals surface area contributed by atoms with Gasteiger partial charge in [0.2, 0.25) is 0 Å². The summed E-state index contributed by atoms with van der Waals surface area (Å²) in [6.07, 6.45) is 13.1. The maximum atomic E-state index is 4.71. The summed E-state index contributed by atoms with van der Waals surface area (Å²) in [6.45, 7) is 3.28. The summed E-state index contributed by atoms with van der Waals surface area (Å²) in [6, 6.07) is 0.298. The van der Waals surface area contributed by atoms with Crippen LogP contribution in [-0.2, 0) is 6.54 Å². The third-order valence-corrected chi connectivity index (χ3v) is 5.16. The standard InChI is InChI=1S/C17H32N4/c1-5-13-21-14-12-19-16(21)15(18-2)17(20(3)4)10-8-6-7-9-11-17/h12,14-15,18H,5-11,13H2,1-4H3. The van der Waals surface area contributed by atoms with Crippen LogP contribution in [0.15, 0.2) is 12.4 Å². The molecule has 1 aromatic heterocycles. The molecule has 0 amide bonds. The molecule has 1 N–H and O–H groups in total. The molecule has 1 saturated carbocycles. The Bertz CT molecular complexity index is 416. The van der Waals surface area contributed by atoms with Gasteiger partial charge >= 0.3 is 0 Å². The molecule has 2 rings (SSSR count). The molecular weight excluding hydrogens is 260 g/mol. The molecule has 1 aliphatic carbocycles. The molecule has 0 aromatic carbocycles. The summed E-state index contributed by atoms with van der Waals surface area (Å²) < 4.78 is 2.33. The van der Waals surface area contributed by atoms with Crippen molar-refractivity contribution in [1.29, 1.82) is 0 Å². The number of hydrogen-bond donors (Lipinski definition) is 1. The molecule has 1 heterocycles. The first-order valence-corrected chi connectivity index (χ1v) is 8.51. The van der Waals surface area contributed by atoms with E-state index in [4.69, 9.17) is 4.98 Å². The molecule has 1 atom stereocenters. The van der Waals surface area contributed by atoms with Gasteiger partial charge in [-0.15, -0.1) is 0 Å². The Morgan fingerprint density at radius 1 is 1.29 bits per heavy atom. The largest absolute Gasteiger partial charge is 0.334 e. The first-order chi connectivity index (χ1) is 10.2. The van der Waals surface area contributed by atoms with Gasteiger partial charge in [-0.3, -0.25) is 0 Å². The molecule has 1 aliphatic rings. The Morgan fingerprint density at radius 2 is 1.95 bits per heavy atom. The minimum atomic E-state index is 0.183.